The first-order chi connectivity index (χ1) is 30.4. The third kappa shape index (κ3) is 8.25. The molecule has 0 heterocycles. The minimum Gasteiger partial charge on any atom is -0.445 e. The molecule has 0 saturated heterocycles. The van der Waals surface area contributed by atoms with Crippen LogP contribution in [0.1, 0.15) is 16.9 Å². The summed E-state index contributed by atoms with van der Waals surface area (Å²) in [5, 5.41) is 11.3. The van der Waals surface area contributed by atoms with E-state index in [-0.39, 0.29) is 6.61 Å². The second-order valence-corrected chi connectivity index (χ2v) is 17.3. The number of nitrogens with one attached hydrogen (secondary N) is 1. The summed E-state index contributed by atoms with van der Waals surface area (Å²) >= 11 is 0. The number of alkyl carbamates (subject to hydrolysis) is 1. The van der Waals surface area contributed by atoms with Gasteiger partial charge < -0.3 is 19.1 Å². The van der Waals surface area contributed by atoms with Gasteiger partial charge in [-0.2, -0.15) is 0 Å². The molecule has 1 unspecified atom stereocenters. The van der Waals surface area contributed by atoms with Gasteiger partial charge in [0.15, 0.2) is 5.78 Å². The third-order valence-corrected chi connectivity index (χ3v) is 13.1. The largest absolute Gasteiger partial charge is 0.457 e. The van der Waals surface area contributed by atoms with E-state index in [1.807, 2.05) is 109 Å². The molecule has 0 radical (unpaired) electrons. The molecule has 0 aliphatic rings. The minimum absolute atomic E-state index is 0.0257. The van der Waals surface area contributed by atoms with Crippen LogP contribution in [0.15, 0.2) is 218 Å². The minimum atomic E-state index is -4.37. The van der Waals surface area contributed by atoms with Crippen molar-refractivity contribution in [3.63, 3.8) is 0 Å². The van der Waals surface area contributed by atoms with Gasteiger partial charge in [-0.15, -0.1) is 0 Å². The van der Waals surface area contributed by atoms with Crippen LogP contribution in [0.3, 0.4) is 0 Å². The molecule has 0 aliphatic carbocycles. The van der Waals surface area contributed by atoms with Gasteiger partial charge in [-0.25, -0.2) is 9.36 Å². The summed E-state index contributed by atoms with van der Waals surface area (Å²) in [6, 6.07) is 71.6. The highest BCUT2D eigenvalue weighted by atomic mass is 31.2. The van der Waals surface area contributed by atoms with Crippen LogP contribution in [0, 0.1) is 0 Å². The first-order valence-corrected chi connectivity index (χ1v) is 22.1. The van der Waals surface area contributed by atoms with Crippen molar-refractivity contribution in [1.29, 1.82) is 0 Å². The van der Waals surface area contributed by atoms with E-state index in [2.05, 4.69) is 90.2 Å². The van der Waals surface area contributed by atoms with E-state index >= 15 is 4.57 Å². The van der Waals surface area contributed by atoms with Gasteiger partial charge in [-0.3, -0.25) is 0 Å². The number of amides is 1. The number of fused-ring (bicyclic) bond motifs is 4. The van der Waals surface area contributed by atoms with Gasteiger partial charge in [-0.05, 0) is 125 Å². The second kappa shape index (κ2) is 16.8. The summed E-state index contributed by atoms with van der Waals surface area (Å²) in [6.07, 6.45) is -0.769. The monoisotopic (exact) mass is 825 g/mol. The summed E-state index contributed by atoms with van der Waals surface area (Å²) in [7, 11) is -4.37. The van der Waals surface area contributed by atoms with Crippen LogP contribution >= 0.6 is 7.60 Å². The molecular weight excluding hydrogens is 786 g/mol. The Morgan fingerprint density at radius 1 is 0.419 bits per heavy atom. The van der Waals surface area contributed by atoms with Crippen molar-refractivity contribution < 1.29 is 23.1 Å². The van der Waals surface area contributed by atoms with Gasteiger partial charge in [0.05, 0.1) is 0 Å². The molecule has 1 amide bonds. The number of benzene rings is 10. The molecule has 0 spiro atoms. The number of carbonyl (C=O) groups excluding carboxylic acids is 1. The van der Waals surface area contributed by atoms with Crippen LogP contribution < -0.4 is 14.4 Å². The molecule has 0 aliphatic heterocycles. The Balaban J connectivity index is 0.992. The van der Waals surface area contributed by atoms with Crippen molar-refractivity contribution in [2.24, 2.45) is 0 Å². The maximum atomic E-state index is 15.7. The molecule has 1 atom stereocenters. The summed E-state index contributed by atoms with van der Waals surface area (Å²) in [5.41, 5.74) is 5.71. The summed E-state index contributed by atoms with van der Waals surface area (Å²) in [6.45, 7) is 0.0257. The van der Waals surface area contributed by atoms with Gasteiger partial charge in [0, 0.05) is 0 Å². The number of ether oxygens (including phenoxy) is 1. The standard InChI is InChI=1S/C55H40NO5P/c57-55(59-37-38-11-3-1-4-12-38)56-54(41-15-5-2-6-16-41)62(58,60-52-29-27-48-33-46(23-25-50(48)35-52)44-21-19-39-13-7-9-17-42(39)31-44)61-53-30-28-49-34-47(24-26-51(49)36-53)45-22-20-40-14-8-10-18-43(40)32-45/h1-36,54H,37H2,(H,56,57). The Kier molecular flexibility index (Phi) is 10.4. The van der Waals surface area contributed by atoms with Gasteiger partial charge in [0.25, 0.3) is 0 Å². The SMILES string of the molecule is O=C(NC(c1ccccc1)P(=O)(Oc1ccc2cc(-c3ccc4ccccc4c3)ccc2c1)Oc1ccc2cc(-c3ccc4ccccc4c3)ccc2c1)OCc1ccccc1. The molecule has 300 valence electrons. The molecule has 6 nitrogen and oxygen atoms in total. The first kappa shape index (κ1) is 38.5. The smallest absolute Gasteiger partial charge is 0.445 e. The van der Waals surface area contributed by atoms with Gasteiger partial charge in [-0.1, -0.05) is 170 Å². The lowest BCUT2D eigenvalue weighted by molar-refractivity contribution is 0.137. The van der Waals surface area contributed by atoms with Gasteiger partial charge in [0.2, 0.25) is 0 Å². The van der Waals surface area contributed by atoms with Crippen molar-refractivity contribution in [3.8, 4) is 33.8 Å². The van der Waals surface area contributed by atoms with E-state index in [0.717, 1.165) is 49.4 Å². The zero-order valence-electron chi connectivity index (χ0n) is 33.6. The van der Waals surface area contributed by atoms with Crippen molar-refractivity contribution in [1.82, 2.24) is 5.32 Å². The maximum absolute atomic E-state index is 15.7. The van der Waals surface area contributed by atoms with Crippen molar-refractivity contribution in [3.05, 3.63) is 230 Å². The molecular formula is C55H40NO5P. The normalized spacial score (nSPS) is 12.0. The van der Waals surface area contributed by atoms with E-state index < -0.39 is 19.5 Å². The molecule has 10 aromatic carbocycles. The summed E-state index contributed by atoms with van der Waals surface area (Å²) in [5.74, 6) is -0.607. The van der Waals surface area contributed by atoms with Crippen molar-refractivity contribution in [2.75, 3.05) is 0 Å². The lowest BCUT2D eigenvalue weighted by Crippen LogP contribution is -2.31. The Labute approximate surface area is 359 Å². The van der Waals surface area contributed by atoms with E-state index in [1.54, 1.807) is 24.3 Å². The van der Waals surface area contributed by atoms with Crippen LogP contribution in [0.5, 0.6) is 11.5 Å². The van der Waals surface area contributed by atoms with Crippen LogP contribution in [-0.4, -0.2) is 6.09 Å². The highest BCUT2D eigenvalue weighted by molar-refractivity contribution is 7.55. The number of hydrogen-bond donors (Lipinski definition) is 1. The van der Waals surface area contributed by atoms with Crippen LogP contribution in [0.25, 0.3) is 65.3 Å². The Morgan fingerprint density at radius 2 is 0.790 bits per heavy atom. The van der Waals surface area contributed by atoms with Crippen LogP contribution in [0.4, 0.5) is 4.79 Å². The van der Waals surface area contributed by atoms with Crippen LogP contribution in [0.2, 0.25) is 0 Å². The highest BCUT2D eigenvalue weighted by Crippen LogP contribution is 2.59. The Bertz CT molecular complexity index is 3130. The number of carbonyl (C=O) groups is 1. The lowest BCUT2D eigenvalue weighted by Gasteiger charge is -2.28. The number of hydrogen-bond acceptors (Lipinski definition) is 5. The zero-order chi connectivity index (χ0) is 41.9. The molecule has 0 fully saturated rings. The molecule has 7 heteroatoms. The average molecular weight is 826 g/mol. The summed E-state index contributed by atoms with van der Waals surface area (Å²) in [4.78, 5) is 13.6. The van der Waals surface area contributed by atoms with Gasteiger partial charge >= 0.3 is 13.7 Å². The predicted octanol–water partition coefficient (Wildman–Crippen LogP) is 14.9. The fourth-order valence-corrected chi connectivity index (χ4v) is 9.80. The maximum Gasteiger partial charge on any atom is 0.457 e. The Hall–Kier alpha value is -7.66. The second-order valence-electron chi connectivity index (χ2n) is 15.3. The fourth-order valence-electron chi connectivity index (χ4n) is 7.93. The van der Waals surface area contributed by atoms with Crippen molar-refractivity contribution >= 4 is 56.8 Å². The molecule has 0 saturated carbocycles. The first-order valence-electron chi connectivity index (χ1n) is 20.5. The zero-order valence-corrected chi connectivity index (χ0v) is 34.5. The Morgan fingerprint density at radius 3 is 1.27 bits per heavy atom. The third-order valence-electron chi connectivity index (χ3n) is 11.2. The quantitative estimate of drug-likeness (QED) is 0.132. The number of rotatable bonds is 11. The molecule has 0 aromatic heterocycles. The van der Waals surface area contributed by atoms with Crippen molar-refractivity contribution in [2.45, 2.75) is 12.4 Å². The van der Waals surface area contributed by atoms with E-state index in [9.17, 15) is 4.79 Å². The predicted molar refractivity (Wildman–Crippen MR) is 252 cm³/mol. The fraction of sp³-hybridized carbons (Fsp3) is 0.0364. The van der Waals surface area contributed by atoms with E-state index in [4.69, 9.17) is 13.8 Å². The molecule has 62 heavy (non-hydrogen) atoms. The topological polar surface area (TPSA) is 73.9 Å². The van der Waals surface area contributed by atoms with E-state index in [0.29, 0.717) is 17.1 Å². The molecule has 0 bridgehead atoms. The average Bonchev–Trinajstić information content (AvgIpc) is 3.32. The molecule has 10 aromatic rings. The van der Waals surface area contributed by atoms with Crippen LogP contribution in [-0.2, 0) is 15.9 Å². The molecule has 1 N–H and O–H groups in total. The van der Waals surface area contributed by atoms with Gasteiger partial charge in [0.1, 0.15) is 18.1 Å². The van der Waals surface area contributed by atoms with E-state index in [1.165, 1.54) is 21.5 Å². The summed E-state index contributed by atoms with van der Waals surface area (Å²) < 4.78 is 34.5. The molecule has 10 rings (SSSR count). The highest BCUT2D eigenvalue weighted by Gasteiger charge is 2.42. The lowest BCUT2D eigenvalue weighted by atomic mass is 9.98.